The first-order chi connectivity index (χ1) is 9.25. The summed E-state index contributed by atoms with van der Waals surface area (Å²) in [6.07, 6.45) is 1.73. The monoisotopic (exact) mass is 361 g/mol. The van der Waals surface area contributed by atoms with Crippen LogP contribution < -0.4 is 0 Å². The molecule has 7 heteroatoms. The van der Waals surface area contributed by atoms with Gasteiger partial charge in [-0.2, -0.15) is 0 Å². The van der Waals surface area contributed by atoms with Gasteiger partial charge in [0.05, 0.1) is 11.7 Å². The van der Waals surface area contributed by atoms with Gasteiger partial charge < -0.3 is 5.11 Å². The Kier molecular flexibility index (Phi) is 4.22. The lowest BCUT2D eigenvalue weighted by Gasteiger charge is -2.38. The average Bonchev–Trinajstić information content (AvgIpc) is 2.38. The molecule has 0 spiro atoms. The summed E-state index contributed by atoms with van der Waals surface area (Å²) >= 11 is 3.32. The van der Waals surface area contributed by atoms with Gasteiger partial charge in [-0.25, -0.2) is 12.7 Å². The van der Waals surface area contributed by atoms with Gasteiger partial charge in [0.15, 0.2) is 0 Å². The lowest BCUT2D eigenvalue weighted by molar-refractivity contribution is -0.145. The van der Waals surface area contributed by atoms with E-state index in [0.717, 1.165) is 16.3 Å². The maximum absolute atomic E-state index is 11.7. The smallest absolute Gasteiger partial charge is 0.314 e. The van der Waals surface area contributed by atoms with E-state index in [-0.39, 0.29) is 25.9 Å². The molecule has 1 aliphatic heterocycles. The molecule has 1 fully saturated rings. The van der Waals surface area contributed by atoms with Crippen LogP contribution in [0.5, 0.6) is 0 Å². The van der Waals surface area contributed by atoms with Crippen LogP contribution in [0.2, 0.25) is 0 Å². The summed E-state index contributed by atoms with van der Waals surface area (Å²) in [5.41, 5.74) is -0.275. The molecule has 20 heavy (non-hydrogen) atoms. The Morgan fingerprint density at radius 3 is 2.15 bits per heavy atom. The van der Waals surface area contributed by atoms with Crippen LogP contribution in [0.3, 0.4) is 0 Å². The van der Waals surface area contributed by atoms with E-state index in [0.29, 0.717) is 0 Å². The number of nitrogens with zero attached hydrogens (tertiary/aromatic N) is 1. The Morgan fingerprint density at radius 2 is 1.75 bits per heavy atom. The fourth-order valence-electron chi connectivity index (χ4n) is 2.59. The van der Waals surface area contributed by atoms with Crippen LogP contribution in [0.1, 0.15) is 18.4 Å². The number of rotatable bonds is 3. The van der Waals surface area contributed by atoms with E-state index in [1.807, 2.05) is 12.1 Å². The minimum absolute atomic E-state index is 0.237. The van der Waals surface area contributed by atoms with Gasteiger partial charge in [-0.15, -0.1) is 0 Å². The summed E-state index contributed by atoms with van der Waals surface area (Å²) in [4.78, 5) is 11.7. The predicted molar refractivity (Wildman–Crippen MR) is 79.1 cm³/mol. The molecule has 1 N–H and O–H groups in total. The number of carboxylic acid groups (broad SMARTS) is 1. The van der Waals surface area contributed by atoms with Crippen LogP contribution in [-0.2, 0) is 20.2 Å². The molecular formula is C13H16BrNO4S. The molecule has 0 bridgehead atoms. The molecule has 1 aromatic carbocycles. The number of carboxylic acids is 1. The molecule has 0 aliphatic carbocycles. The highest BCUT2D eigenvalue weighted by Gasteiger charge is 2.44. The van der Waals surface area contributed by atoms with Crippen LogP contribution in [-0.4, -0.2) is 43.1 Å². The molecule has 0 atom stereocenters. The van der Waals surface area contributed by atoms with E-state index in [2.05, 4.69) is 15.9 Å². The number of piperidine rings is 1. The molecule has 0 aromatic heterocycles. The highest BCUT2D eigenvalue weighted by atomic mass is 79.9. The van der Waals surface area contributed by atoms with E-state index in [9.17, 15) is 18.3 Å². The first-order valence-corrected chi connectivity index (χ1v) is 8.84. The Hall–Kier alpha value is -0.920. The number of aliphatic carboxylic acids is 1. The molecular weight excluding hydrogens is 346 g/mol. The van der Waals surface area contributed by atoms with E-state index < -0.39 is 21.4 Å². The fourth-order valence-corrected chi connectivity index (χ4v) is 3.70. The van der Waals surface area contributed by atoms with Gasteiger partial charge in [0.1, 0.15) is 0 Å². The topological polar surface area (TPSA) is 74.7 Å². The van der Waals surface area contributed by atoms with Crippen molar-refractivity contribution < 1.29 is 18.3 Å². The molecule has 1 aliphatic rings. The predicted octanol–water partition coefficient (Wildman–Crippen LogP) is 1.83. The summed E-state index contributed by atoms with van der Waals surface area (Å²) in [6.45, 7) is 0.475. The third kappa shape index (κ3) is 2.89. The van der Waals surface area contributed by atoms with Gasteiger partial charge in [0.25, 0.3) is 0 Å². The summed E-state index contributed by atoms with van der Waals surface area (Å²) in [5, 5.41) is 9.62. The molecule has 0 unspecified atom stereocenters. The van der Waals surface area contributed by atoms with Crippen LogP contribution in [0, 0.1) is 0 Å². The molecule has 1 saturated heterocycles. The van der Waals surface area contributed by atoms with Gasteiger partial charge in [0.2, 0.25) is 10.0 Å². The van der Waals surface area contributed by atoms with Gasteiger partial charge >= 0.3 is 5.97 Å². The van der Waals surface area contributed by atoms with Gasteiger partial charge in [-0.1, -0.05) is 28.1 Å². The molecule has 1 aromatic rings. The molecule has 2 rings (SSSR count). The summed E-state index contributed by atoms with van der Waals surface area (Å²) in [5.74, 6) is -0.895. The zero-order valence-electron chi connectivity index (χ0n) is 11.0. The zero-order chi connectivity index (χ0) is 15.0. The highest BCUT2D eigenvalue weighted by molar-refractivity contribution is 9.10. The number of carbonyl (C=O) groups is 1. The van der Waals surface area contributed by atoms with Crippen LogP contribution in [0.25, 0.3) is 0 Å². The SMILES string of the molecule is CS(=O)(=O)N1CCC(C(=O)O)(c2ccc(Br)cc2)CC1. The van der Waals surface area contributed by atoms with Crippen molar-refractivity contribution in [1.82, 2.24) is 4.31 Å². The minimum atomic E-state index is -3.26. The lowest BCUT2D eigenvalue weighted by Crippen LogP contribution is -2.48. The average molecular weight is 362 g/mol. The second-order valence-electron chi connectivity index (χ2n) is 5.06. The number of benzene rings is 1. The van der Waals surface area contributed by atoms with Crippen molar-refractivity contribution in [1.29, 1.82) is 0 Å². The number of sulfonamides is 1. The van der Waals surface area contributed by atoms with Gasteiger partial charge in [-0.3, -0.25) is 4.79 Å². The fraction of sp³-hybridized carbons (Fsp3) is 0.462. The number of halogens is 1. The first-order valence-electron chi connectivity index (χ1n) is 6.20. The van der Waals surface area contributed by atoms with E-state index in [1.165, 1.54) is 4.31 Å². The summed E-state index contributed by atoms with van der Waals surface area (Å²) in [6, 6.07) is 7.19. The minimum Gasteiger partial charge on any atom is -0.481 e. The Labute approximate surface area is 126 Å². The Morgan fingerprint density at radius 1 is 1.25 bits per heavy atom. The van der Waals surface area contributed by atoms with Crippen molar-refractivity contribution in [3.05, 3.63) is 34.3 Å². The second kappa shape index (κ2) is 5.46. The molecule has 0 saturated carbocycles. The van der Waals surface area contributed by atoms with Crippen molar-refractivity contribution >= 4 is 31.9 Å². The lowest BCUT2D eigenvalue weighted by atomic mass is 9.73. The van der Waals surface area contributed by atoms with Crippen LogP contribution in [0.15, 0.2) is 28.7 Å². The number of hydrogen-bond donors (Lipinski definition) is 1. The van der Waals surface area contributed by atoms with Crippen molar-refractivity contribution in [3.8, 4) is 0 Å². The van der Waals surface area contributed by atoms with Crippen molar-refractivity contribution in [2.75, 3.05) is 19.3 Å². The van der Waals surface area contributed by atoms with Crippen LogP contribution in [0.4, 0.5) is 0 Å². The van der Waals surface area contributed by atoms with Crippen LogP contribution >= 0.6 is 15.9 Å². The number of hydrogen-bond acceptors (Lipinski definition) is 3. The largest absolute Gasteiger partial charge is 0.481 e. The Balaban J connectivity index is 2.31. The molecule has 110 valence electrons. The summed E-state index contributed by atoms with van der Waals surface area (Å²) < 4.78 is 25.3. The maximum atomic E-state index is 11.7. The van der Waals surface area contributed by atoms with E-state index >= 15 is 0 Å². The van der Waals surface area contributed by atoms with E-state index in [4.69, 9.17) is 0 Å². The van der Waals surface area contributed by atoms with Gasteiger partial charge in [-0.05, 0) is 30.5 Å². The summed E-state index contributed by atoms with van der Waals surface area (Å²) in [7, 11) is -3.26. The standard InChI is InChI=1S/C13H16BrNO4S/c1-20(18,19)15-8-6-13(7-9-15,12(16)17)10-2-4-11(14)5-3-10/h2-5H,6-9H2,1H3,(H,16,17). The third-order valence-electron chi connectivity index (χ3n) is 3.85. The van der Waals surface area contributed by atoms with Crippen molar-refractivity contribution in [3.63, 3.8) is 0 Å². The van der Waals surface area contributed by atoms with Crippen molar-refractivity contribution in [2.24, 2.45) is 0 Å². The zero-order valence-corrected chi connectivity index (χ0v) is 13.4. The molecule has 5 nitrogen and oxygen atoms in total. The quantitative estimate of drug-likeness (QED) is 0.890. The Bertz CT molecular complexity index is 604. The molecule has 0 amide bonds. The maximum Gasteiger partial charge on any atom is 0.314 e. The molecule has 0 radical (unpaired) electrons. The van der Waals surface area contributed by atoms with Crippen molar-refractivity contribution in [2.45, 2.75) is 18.3 Å². The second-order valence-corrected chi connectivity index (χ2v) is 7.95. The molecule has 1 heterocycles. The first kappa shape index (κ1) is 15.5. The van der Waals surface area contributed by atoms with E-state index in [1.54, 1.807) is 12.1 Å². The third-order valence-corrected chi connectivity index (χ3v) is 5.68. The normalized spacial score (nSPS) is 19.7. The highest BCUT2D eigenvalue weighted by Crippen LogP contribution is 2.37. The van der Waals surface area contributed by atoms with Gasteiger partial charge in [0, 0.05) is 17.6 Å².